The van der Waals surface area contributed by atoms with Crippen LogP contribution >= 0.6 is 0 Å². The minimum atomic E-state index is -0.426. The molecule has 1 N–H and O–H groups in total. The van der Waals surface area contributed by atoms with Crippen molar-refractivity contribution in [2.75, 3.05) is 26.3 Å². The quantitative estimate of drug-likeness (QED) is 0.870. The molecule has 2 heterocycles. The van der Waals surface area contributed by atoms with Gasteiger partial charge in [-0.15, -0.1) is 10.2 Å². The average molecular weight is 370 g/mol. The van der Waals surface area contributed by atoms with Gasteiger partial charge in [0.2, 0.25) is 17.7 Å². The van der Waals surface area contributed by atoms with Gasteiger partial charge in [0, 0.05) is 18.7 Å². The summed E-state index contributed by atoms with van der Waals surface area (Å²) in [5.41, 5.74) is 0.448. The third-order valence-electron chi connectivity index (χ3n) is 5.61. The van der Waals surface area contributed by atoms with Gasteiger partial charge < -0.3 is 14.5 Å². The number of benzene rings is 1. The number of carbonyl (C=O) groups is 1. The van der Waals surface area contributed by atoms with Crippen LogP contribution in [0.2, 0.25) is 0 Å². The number of aromatic nitrogens is 2. The molecule has 1 aliphatic carbocycles. The lowest BCUT2D eigenvalue weighted by atomic mass is 9.79. The summed E-state index contributed by atoms with van der Waals surface area (Å²) < 4.78 is 11.2. The molecule has 0 unspecified atom stereocenters. The summed E-state index contributed by atoms with van der Waals surface area (Å²) >= 11 is 0. The Morgan fingerprint density at radius 1 is 1.07 bits per heavy atom. The van der Waals surface area contributed by atoms with E-state index in [2.05, 4.69) is 20.4 Å². The zero-order valence-electron chi connectivity index (χ0n) is 15.5. The zero-order valence-corrected chi connectivity index (χ0v) is 15.5. The van der Waals surface area contributed by atoms with Crippen LogP contribution in [0.25, 0.3) is 11.5 Å². The molecule has 144 valence electrons. The molecule has 2 aromatic rings. The number of nitrogens with zero attached hydrogens (tertiary/aromatic N) is 3. The first-order valence-electron chi connectivity index (χ1n) is 9.77. The van der Waals surface area contributed by atoms with Gasteiger partial charge in [0.1, 0.15) is 5.54 Å². The minimum Gasteiger partial charge on any atom is -0.419 e. The number of morpholine rings is 1. The van der Waals surface area contributed by atoms with Crippen molar-refractivity contribution in [3.8, 4) is 11.5 Å². The number of nitrogens with one attached hydrogen (secondary N) is 1. The highest BCUT2D eigenvalue weighted by atomic mass is 16.5. The fourth-order valence-corrected chi connectivity index (χ4v) is 4.16. The highest BCUT2D eigenvalue weighted by Crippen LogP contribution is 2.34. The molecule has 0 spiro atoms. The Hall–Kier alpha value is -2.25. The fourth-order valence-electron chi connectivity index (χ4n) is 4.16. The molecule has 1 saturated heterocycles. The fraction of sp³-hybridized carbons (Fsp3) is 0.550. The van der Waals surface area contributed by atoms with Gasteiger partial charge >= 0.3 is 0 Å². The van der Waals surface area contributed by atoms with E-state index in [1.807, 2.05) is 30.3 Å². The highest BCUT2D eigenvalue weighted by molar-refractivity contribution is 5.86. The van der Waals surface area contributed by atoms with Gasteiger partial charge in [0.05, 0.1) is 19.8 Å². The van der Waals surface area contributed by atoms with Crippen molar-refractivity contribution in [1.82, 2.24) is 20.4 Å². The number of hydrogen-bond acceptors (Lipinski definition) is 6. The van der Waals surface area contributed by atoms with Crippen LogP contribution in [0.4, 0.5) is 0 Å². The lowest BCUT2D eigenvalue weighted by Crippen LogP contribution is -2.62. The summed E-state index contributed by atoms with van der Waals surface area (Å²) in [7, 11) is 0. The predicted octanol–water partition coefficient (Wildman–Crippen LogP) is 2.39. The molecule has 1 aromatic heterocycles. The van der Waals surface area contributed by atoms with Crippen LogP contribution in [0.1, 0.15) is 38.0 Å². The van der Waals surface area contributed by atoms with Crippen molar-refractivity contribution in [3.05, 3.63) is 36.2 Å². The van der Waals surface area contributed by atoms with E-state index in [0.29, 0.717) is 25.0 Å². The number of ether oxygens (including phenoxy) is 1. The monoisotopic (exact) mass is 370 g/mol. The molecule has 0 radical (unpaired) electrons. The molecule has 2 fully saturated rings. The Morgan fingerprint density at radius 3 is 2.56 bits per heavy atom. The van der Waals surface area contributed by atoms with E-state index in [0.717, 1.165) is 44.3 Å². The molecular formula is C20H26N4O3. The number of carbonyl (C=O) groups excluding carboxylic acids is 1. The van der Waals surface area contributed by atoms with Gasteiger partial charge in [-0.1, -0.05) is 37.5 Å². The van der Waals surface area contributed by atoms with E-state index < -0.39 is 5.54 Å². The third-order valence-corrected chi connectivity index (χ3v) is 5.61. The first kappa shape index (κ1) is 18.1. The van der Waals surface area contributed by atoms with Crippen LogP contribution in [0.15, 0.2) is 34.7 Å². The van der Waals surface area contributed by atoms with Crippen LogP contribution in [0.5, 0.6) is 0 Å². The summed E-state index contributed by atoms with van der Waals surface area (Å²) in [4.78, 5) is 15.5. The van der Waals surface area contributed by atoms with E-state index in [4.69, 9.17) is 9.15 Å². The maximum absolute atomic E-state index is 13.2. The standard InChI is InChI=1S/C20H26N4O3/c25-19(20(9-5-2-6-10-20)24-11-13-26-14-12-24)21-15-17-22-23-18(27-17)16-7-3-1-4-8-16/h1,3-4,7-8H,2,5-6,9-15H2,(H,21,25). The molecule has 7 heteroatoms. The molecule has 27 heavy (non-hydrogen) atoms. The Bertz CT molecular complexity index is 750. The molecule has 1 amide bonds. The SMILES string of the molecule is O=C(NCc1nnc(-c2ccccc2)o1)C1(N2CCOCC2)CCCCC1. The van der Waals surface area contributed by atoms with Crippen molar-refractivity contribution in [1.29, 1.82) is 0 Å². The van der Waals surface area contributed by atoms with Crippen LogP contribution < -0.4 is 5.32 Å². The average Bonchev–Trinajstić information content (AvgIpc) is 3.23. The van der Waals surface area contributed by atoms with Crippen LogP contribution in [0, 0.1) is 0 Å². The third kappa shape index (κ3) is 3.89. The first-order chi connectivity index (χ1) is 13.3. The number of rotatable bonds is 5. The van der Waals surface area contributed by atoms with Gasteiger partial charge in [0.15, 0.2) is 0 Å². The largest absolute Gasteiger partial charge is 0.419 e. The Labute approximate surface area is 159 Å². The molecule has 0 bridgehead atoms. The summed E-state index contributed by atoms with van der Waals surface area (Å²) in [6.45, 7) is 3.27. The molecule has 1 saturated carbocycles. The van der Waals surface area contributed by atoms with E-state index in [-0.39, 0.29) is 12.5 Å². The van der Waals surface area contributed by atoms with Crippen LogP contribution in [-0.2, 0) is 16.1 Å². The van der Waals surface area contributed by atoms with Gasteiger partial charge in [-0.3, -0.25) is 9.69 Å². The second-order valence-electron chi connectivity index (χ2n) is 7.24. The molecule has 0 atom stereocenters. The predicted molar refractivity (Wildman–Crippen MR) is 99.8 cm³/mol. The smallest absolute Gasteiger partial charge is 0.247 e. The van der Waals surface area contributed by atoms with E-state index in [1.54, 1.807) is 0 Å². The van der Waals surface area contributed by atoms with E-state index in [9.17, 15) is 4.79 Å². The molecule has 1 aliphatic heterocycles. The normalized spacial score (nSPS) is 20.3. The zero-order chi connectivity index (χ0) is 18.5. The summed E-state index contributed by atoms with van der Waals surface area (Å²) in [5.74, 6) is 0.971. The maximum Gasteiger partial charge on any atom is 0.247 e. The maximum atomic E-state index is 13.2. The Kier molecular flexibility index (Phi) is 5.50. The molecule has 4 rings (SSSR count). The van der Waals surface area contributed by atoms with Gasteiger partial charge in [-0.2, -0.15) is 0 Å². The van der Waals surface area contributed by atoms with Crippen molar-refractivity contribution in [3.63, 3.8) is 0 Å². The van der Waals surface area contributed by atoms with E-state index >= 15 is 0 Å². The van der Waals surface area contributed by atoms with Crippen LogP contribution in [0.3, 0.4) is 0 Å². The minimum absolute atomic E-state index is 0.0727. The van der Waals surface area contributed by atoms with Gasteiger partial charge in [-0.25, -0.2) is 0 Å². The second kappa shape index (κ2) is 8.19. The van der Waals surface area contributed by atoms with Gasteiger partial charge in [0.25, 0.3) is 0 Å². The molecule has 7 nitrogen and oxygen atoms in total. The van der Waals surface area contributed by atoms with Crippen molar-refractivity contribution in [2.24, 2.45) is 0 Å². The lowest BCUT2D eigenvalue weighted by molar-refractivity contribution is -0.140. The summed E-state index contributed by atoms with van der Waals surface area (Å²) in [6, 6.07) is 9.64. The summed E-state index contributed by atoms with van der Waals surface area (Å²) in [6.07, 6.45) is 5.17. The first-order valence-corrected chi connectivity index (χ1v) is 9.77. The Morgan fingerprint density at radius 2 is 1.81 bits per heavy atom. The van der Waals surface area contributed by atoms with Crippen molar-refractivity contribution in [2.45, 2.75) is 44.2 Å². The number of hydrogen-bond donors (Lipinski definition) is 1. The van der Waals surface area contributed by atoms with Crippen LogP contribution in [-0.4, -0.2) is 52.8 Å². The summed E-state index contributed by atoms with van der Waals surface area (Å²) in [5, 5.41) is 11.2. The molecular weight excluding hydrogens is 344 g/mol. The lowest BCUT2D eigenvalue weighted by Gasteiger charge is -2.46. The van der Waals surface area contributed by atoms with Crippen molar-refractivity contribution >= 4 is 5.91 Å². The topological polar surface area (TPSA) is 80.5 Å². The van der Waals surface area contributed by atoms with Crippen molar-refractivity contribution < 1.29 is 13.9 Å². The van der Waals surface area contributed by atoms with E-state index in [1.165, 1.54) is 6.42 Å². The number of amides is 1. The van der Waals surface area contributed by atoms with Gasteiger partial charge in [-0.05, 0) is 25.0 Å². The highest BCUT2D eigenvalue weighted by Gasteiger charge is 2.44. The molecule has 1 aromatic carbocycles. The Balaban J connectivity index is 1.43. The molecule has 2 aliphatic rings. The second-order valence-corrected chi connectivity index (χ2v) is 7.24.